The third-order valence-electron chi connectivity index (χ3n) is 2.08. The minimum absolute atomic E-state index is 0.313. The number of esters is 1. The Balaban J connectivity index is 2.69. The van der Waals surface area contributed by atoms with Crippen molar-refractivity contribution in [2.45, 2.75) is 20.3 Å². The van der Waals surface area contributed by atoms with Gasteiger partial charge < -0.3 is 9.64 Å². The number of hydrogen-bond donors (Lipinski definition) is 0. The highest BCUT2D eigenvalue weighted by Gasteiger charge is 2.16. The molecule has 1 aromatic rings. The molecule has 0 aliphatic carbocycles. The second-order valence-electron chi connectivity index (χ2n) is 3.79. The molecule has 16 heavy (non-hydrogen) atoms. The molecule has 0 amide bonds. The highest BCUT2D eigenvalue weighted by atomic mass is 32.1. The Hall–Kier alpha value is -0.940. The van der Waals surface area contributed by atoms with Crippen LogP contribution in [-0.4, -0.2) is 43.1 Å². The van der Waals surface area contributed by atoms with E-state index >= 15 is 0 Å². The van der Waals surface area contributed by atoms with Gasteiger partial charge in [0.2, 0.25) is 0 Å². The van der Waals surface area contributed by atoms with Gasteiger partial charge >= 0.3 is 5.97 Å². The average Bonchev–Trinajstić information content (AvgIpc) is 2.57. The Morgan fingerprint density at radius 3 is 2.75 bits per heavy atom. The molecule has 0 spiro atoms. The summed E-state index contributed by atoms with van der Waals surface area (Å²) in [6.07, 6.45) is 0.873. The van der Waals surface area contributed by atoms with Gasteiger partial charge in [0.1, 0.15) is 0 Å². The minimum atomic E-state index is -0.313. The number of thiazole rings is 1. The van der Waals surface area contributed by atoms with Crippen LogP contribution in [-0.2, 0) is 11.2 Å². The van der Waals surface area contributed by atoms with E-state index in [2.05, 4.69) is 9.88 Å². The number of carbonyl (C=O) groups is 1. The zero-order chi connectivity index (χ0) is 12.1. The summed E-state index contributed by atoms with van der Waals surface area (Å²) in [4.78, 5) is 18.9. The molecule has 0 saturated carbocycles. The van der Waals surface area contributed by atoms with Crippen molar-refractivity contribution < 1.29 is 9.53 Å². The molecule has 0 bridgehead atoms. The predicted molar refractivity (Wildman–Crippen MR) is 65.1 cm³/mol. The van der Waals surface area contributed by atoms with E-state index < -0.39 is 0 Å². The third-order valence-corrected chi connectivity index (χ3v) is 3.11. The summed E-state index contributed by atoms with van der Waals surface area (Å²) in [6.45, 7) is 5.04. The first-order chi connectivity index (χ1) is 7.54. The van der Waals surface area contributed by atoms with Crippen molar-refractivity contribution >= 4 is 17.3 Å². The molecule has 90 valence electrons. The van der Waals surface area contributed by atoms with Gasteiger partial charge in [0.15, 0.2) is 5.69 Å². The number of ether oxygens (including phenoxy) is 1. The molecule has 0 N–H and O–H groups in total. The van der Waals surface area contributed by atoms with Crippen LogP contribution in [0.4, 0.5) is 0 Å². The van der Waals surface area contributed by atoms with Crippen LogP contribution in [0.1, 0.15) is 27.3 Å². The lowest BCUT2D eigenvalue weighted by atomic mass is 10.4. The second-order valence-corrected chi connectivity index (χ2v) is 5.07. The van der Waals surface area contributed by atoms with Crippen LogP contribution in [0, 0.1) is 6.92 Å². The van der Waals surface area contributed by atoms with Crippen molar-refractivity contribution in [3.05, 3.63) is 15.6 Å². The first-order valence-corrected chi connectivity index (χ1v) is 6.14. The predicted octanol–water partition coefficient (Wildman–Crippen LogP) is 1.73. The molecule has 0 radical (unpaired) electrons. The summed E-state index contributed by atoms with van der Waals surface area (Å²) in [6, 6.07) is 0. The van der Waals surface area contributed by atoms with Crippen LogP contribution in [0.25, 0.3) is 0 Å². The number of aryl methyl sites for hydroxylation is 1. The van der Waals surface area contributed by atoms with Gasteiger partial charge in [0.25, 0.3) is 0 Å². The van der Waals surface area contributed by atoms with Crippen molar-refractivity contribution in [1.82, 2.24) is 9.88 Å². The van der Waals surface area contributed by atoms with Crippen LogP contribution in [0.5, 0.6) is 0 Å². The smallest absolute Gasteiger partial charge is 0.358 e. The maximum absolute atomic E-state index is 11.5. The van der Waals surface area contributed by atoms with E-state index in [1.54, 1.807) is 18.3 Å². The topological polar surface area (TPSA) is 42.4 Å². The van der Waals surface area contributed by atoms with Gasteiger partial charge in [0.05, 0.1) is 11.6 Å². The SMILES string of the molecule is CCOC(=O)c1nc(CCN(C)C)sc1C. The van der Waals surface area contributed by atoms with Crippen LogP contribution < -0.4 is 0 Å². The van der Waals surface area contributed by atoms with Crippen molar-refractivity contribution in [2.24, 2.45) is 0 Å². The lowest BCUT2D eigenvalue weighted by molar-refractivity contribution is 0.0519. The second kappa shape index (κ2) is 5.96. The van der Waals surface area contributed by atoms with Gasteiger partial charge in [-0.05, 0) is 27.9 Å². The van der Waals surface area contributed by atoms with E-state index in [9.17, 15) is 4.79 Å². The molecule has 1 heterocycles. The fourth-order valence-corrected chi connectivity index (χ4v) is 2.18. The largest absolute Gasteiger partial charge is 0.461 e. The summed E-state index contributed by atoms with van der Waals surface area (Å²) in [5.41, 5.74) is 0.473. The van der Waals surface area contributed by atoms with Crippen LogP contribution >= 0.6 is 11.3 Å². The Bertz CT molecular complexity index is 361. The Morgan fingerprint density at radius 2 is 2.19 bits per heavy atom. The van der Waals surface area contributed by atoms with E-state index in [4.69, 9.17) is 4.74 Å². The number of likely N-dealkylation sites (N-methyl/N-ethyl adjacent to an activating group) is 1. The fraction of sp³-hybridized carbons (Fsp3) is 0.636. The maximum atomic E-state index is 11.5. The Labute approximate surface area is 100 Å². The number of rotatable bonds is 5. The molecule has 0 unspecified atom stereocenters. The van der Waals surface area contributed by atoms with E-state index in [1.165, 1.54) is 0 Å². The van der Waals surface area contributed by atoms with Gasteiger partial charge in [-0.1, -0.05) is 0 Å². The summed E-state index contributed by atoms with van der Waals surface area (Å²) in [7, 11) is 4.04. The quantitative estimate of drug-likeness (QED) is 0.738. The molecule has 0 aromatic carbocycles. The highest BCUT2D eigenvalue weighted by Crippen LogP contribution is 2.18. The average molecular weight is 242 g/mol. The van der Waals surface area contributed by atoms with Crippen LogP contribution in [0.15, 0.2) is 0 Å². The molecule has 0 aliphatic rings. The molecular formula is C11H18N2O2S. The summed E-state index contributed by atoms with van der Waals surface area (Å²) >= 11 is 1.57. The van der Waals surface area contributed by atoms with E-state index in [-0.39, 0.29) is 5.97 Å². The summed E-state index contributed by atoms with van der Waals surface area (Å²) in [5, 5.41) is 0.995. The standard InChI is InChI=1S/C11H18N2O2S/c1-5-15-11(14)10-8(2)16-9(12-10)6-7-13(3)4/h5-7H2,1-4H3. The Morgan fingerprint density at radius 1 is 1.50 bits per heavy atom. The molecule has 0 atom stereocenters. The van der Waals surface area contributed by atoms with Crippen molar-refractivity contribution in [3.63, 3.8) is 0 Å². The van der Waals surface area contributed by atoms with Gasteiger partial charge in [0, 0.05) is 17.8 Å². The molecular weight excluding hydrogens is 224 g/mol. The molecule has 0 saturated heterocycles. The lowest BCUT2D eigenvalue weighted by Crippen LogP contribution is -2.15. The maximum Gasteiger partial charge on any atom is 0.358 e. The third kappa shape index (κ3) is 3.57. The van der Waals surface area contributed by atoms with Gasteiger partial charge in [-0.25, -0.2) is 9.78 Å². The molecule has 5 heteroatoms. The summed E-state index contributed by atoms with van der Waals surface area (Å²) < 4.78 is 4.94. The van der Waals surface area contributed by atoms with Crippen LogP contribution in [0.2, 0.25) is 0 Å². The normalized spacial score (nSPS) is 10.8. The van der Waals surface area contributed by atoms with Crippen molar-refractivity contribution in [2.75, 3.05) is 27.2 Å². The first kappa shape index (κ1) is 13.1. The number of nitrogens with zero attached hydrogens (tertiary/aromatic N) is 2. The molecule has 1 rings (SSSR count). The number of aromatic nitrogens is 1. The van der Waals surface area contributed by atoms with Crippen LogP contribution in [0.3, 0.4) is 0 Å². The number of carbonyl (C=O) groups excluding carboxylic acids is 1. The lowest BCUT2D eigenvalue weighted by Gasteiger charge is -2.06. The zero-order valence-electron chi connectivity index (χ0n) is 10.2. The molecule has 1 aromatic heterocycles. The summed E-state index contributed by atoms with van der Waals surface area (Å²) in [5.74, 6) is -0.313. The van der Waals surface area contributed by atoms with Crippen molar-refractivity contribution in [1.29, 1.82) is 0 Å². The highest BCUT2D eigenvalue weighted by molar-refractivity contribution is 7.11. The van der Waals surface area contributed by atoms with Gasteiger partial charge in [-0.3, -0.25) is 0 Å². The minimum Gasteiger partial charge on any atom is -0.461 e. The van der Waals surface area contributed by atoms with E-state index in [1.807, 2.05) is 21.0 Å². The van der Waals surface area contributed by atoms with E-state index in [0.29, 0.717) is 12.3 Å². The van der Waals surface area contributed by atoms with Crippen molar-refractivity contribution in [3.8, 4) is 0 Å². The molecule has 0 aliphatic heterocycles. The Kier molecular flexibility index (Phi) is 4.89. The van der Waals surface area contributed by atoms with Gasteiger partial charge in [-0.15, -0.1) is 11.3 Å². The zero-order valence-corrected chi connectivity index (χ0v) is 11.1. The molecule has 0 fully saturated rings. The molecule has 4 nitrogen and oxygen atoms in total. The number of hydrogen-bond acceptors (Lipinski definition) is 5. The van der Waals surface area contributed by atoms with E-state index in [0.717, 1.165) is 22.9 Å². The first-order valence-electron chi connectivity index (χ1n) is 5.32. The fourth-order valence-electron chi connectivity index (χ4n) is 1.27. The van der Waals surface area contributed by atoms with Gasteiger partial charge in [-0.2, -0.15) is 0 Å². The monoisotopic (exact) mass is 242 g/mol.